The second-order valence-electron chi connectivity index (χ2n) is 6.55. The van der Waals surface area contributed by atoms with E-state index in [4.69, 9.17) is 9.84 Å². The van der Waals surface area contributed by atoms with Gasteiger partial charge in [-0.25, -0.2) is 4.79 Å². The molecule has 0 spiro atoms. The van der Waals surface area contributed by atoms with E-state index in [9.17, 15) is 9.90 Å². The molecule has 0 saturated heterocycles. The van der Waals surface area contributed by atoms with E-state index in [0.29, 0.717) is 5.75 Å². The number of carboxylic acids is 1. The molecule has 4 aromatic carbocycles. The molecule has 4 nitrogen and oxygen atoms in total. The third kappa shape index (κ3) is 4.12. The van der Waals surface area contributed by atoms with Crippen LogP contribution < -0.4 is 4.74 Å². The predicted molar refractivity (Wildman–Crippen MR) is 114 cm³/mol. The Morgan fingerprint density at radius 1 is 0.828 bits per heavy atom. The summed E-state index contributed by atoms with van der Waals surface area (Å²) in [5.41, 5.74) is 2.62. The first-order valence-corrected chi connectivity index (χ1v) is 9.10. The van der Waals surface area contributed by atoms with Crippen molar-refractivity contribution in [2.45, 2.75) is 0 Å². The lowest BCUT2D eigenvalue weighted by molar-refractivity contribution is -0.131. The van der Waals surface area contributed by atoms with Crippen molar-refractivity contribution in [2.24, 2.45) is 0 Å². The number of aromatic hydroxyl groups is 1. The van der Waals surface area contributed by atoms with E-state index in [-0.39, 0.29) is 5.75 Å². The second kappa shape index (κ2) is 7.90. The maximum absolute atomic E-state index is 10.7. The molecule has 0 aliphatic carbocycles. The van der Waals surface area contributed by atoms with Crippen LogP contribution in [0, 0.1) is 0 Å². The SMILES string of the molecule is O=C(O)C=Cc1ccc(Oc2c(-c3ccc(O)cc3)ccc3ccccc23)cc1. The van der Waals surface area contributed by atoms with Gasteiger partial charge in [0.1, 0.15) is 17.2 Å². The van der Waals surface area contributed by atoms with Crippen LogP contribution in [-0.2, 0) is 4.79 Å². The molecule has 0 aliphatic heterocycles. The van der Waals surface area contributed by atoms with Crippen molar-refractivity contribution in [1.82, 2.24) is 0 Å². The van der Waals surface area contributed by atoms with Crippen molar-refractivity contribution in [3.05, 3.63) is 96.6 Å². The molecule has 0 bridgehead atoms. The summed E-state index contributed by atoms with van der Waals surface area (Å²) in [6, 6.07) is 26.3. The van der Waals surface area contributed by atoms with Gasteiger partial charge >= 0.3 is 5.97 Å². The van der Waals surface area contributed by atoms with Gasteiger partial charge in [-0.05, 0) is 52.9 Å². The van der Waals surface area contributed by atoms with E-state index >= 15 is 0 Å². The topological polar surface area (TPSA) is 66.8 Å². The largest absolute Gasteiger partial charge is 0.508 e. The molecule has 0 fully saturated rings. The third-order valence-corrected chi connectivity index (χ3v) is 4.58. The van der Waals surface area contributed by atoms with Gasteiger partial charge in [0.25, 0.3) is 0 Å². The van der Waals surface area contributed by atoms with Gasteiger partial charge < -0.3 is 14.9 Å². The summed E-state index contributed by atoms with van der Waals surface area (Å²) in [5, 5.41) is 20.4. The fourth-order valence-electron chi connectivity index (χ4n) is 3.15. The standard InChI is InChI=1S/C25H18O4/c26-20-11-8-19(9-12-20)23-15-10-18-3-1-2-4-22(18)25(23)29-21-13-5-17(6-14-21)7-16-24(27)28/h1-16,26H,(H,27,28). The van der Waals surface area contributed by atoms with Gasteiger partial charge in [-0.2, -0.15) is 0 Å². The van der Waals surface area contributed by atoms with Crippen molar-refractivity contribution in [3.63, 3.8) is 0 Å². The second-order valence-corrected chi connectivity index (χ2v) is 6.55. The van der Waals surface area contributed by atoms with Crippen molar-refractivity contribution in [2.75, 3.05) is 0 Å². The molecule has 29 heavy (non-hydrogen) atoms. The molecule has 4 rings (SSSR count). The van der Waals surface area contributed by atoms with E-state index in [0.717, 1.165) is 39.3 Å². The minimum Gasteiger partial charge on any atom is -0.508 e. The molecule has 0 unspecified atom stereocenters. The van der Waals surface area contributed by atoms with Gasteiger partial charge in [-0.3, -0.25) is 0 Å². The number of rotatable bonds is 5. The molecular formula is C25H18O4. The quantitative estimate of drug-likeness (QED) is 0.409. The molecule has 4 aromatic rings. The molecule has 0 aliphatic rings. The minimum atomic E-state index is -0.986. The highest BCUT2D eigenvalue weighted by atomic mass is 16.5. The van der Waals surface area contributed by atoms with E-state index in [1.807, 2.05) is 60.7 Å². The van der Waals surface area contributed by atoms with E-state index in [1.54, 1.807) is 24.3 Å². The smallest absolute Gasteiger partial charge is 0.328 e. The first-order chi connectivity index (χ1) is 14.1. The molecule has 0 amide bonds. The van der Waals surface area contributed by atoms with Crippen LogP contribution in [0.15, 0.2) is 91.0 Å². The van der Waals surface area contributed by atoms with Crippen LogP contribution in [-0.4, -0.2) is 16.2 Å². The van der Waals surface area contributed by atoms with Crippen molar-refractivity contribution in [3.8, 4) is 28.4 Å². The van der Waals surface area contributed by atoms with Crippen LogP contribution in [0.25, 0.3) is 28.0 Å². The van der Waals surface area contributed by atoms with Gasteiger partial charge in [0.05, 0.1) is 0 Å². The molecule has 0 atom stereocenters. The molecule has 142 valence electrons. The fourth-order valence-corrected chi connectivity index (χ4v) is 3.15. The number of hydrogen-bond acceptors (Lipinski definition) is 3. The molecule has 0 aromatic heterocycles. The van der Waals surface area contributed by atoms with Crippen LogP contribution >= 0.6 is 0 Å². The summed E-state index contributed by atoms with van der Waals surface area (Å²) >= 11 is 0. The Balaban J connectivity index is 1.76. The summed E-state index contributed by atoms with van der Waals surface area (Å²) in [6.45, 7) is 0. The molecule has 0 radical (unpaired) electrons. The number of carbonyl (C=O) groups is 1. The monoisotopic (exact) mass is 382 g/mol. The minimum absolute atomic E-state index is 0.210. The van der Waals surface area contributed by atoms with E-state index in [2.05, 4.69) is 0 Å². The number of carboxylic acid groups (broad SMARTS) is 1. The number of aliphatic carboxylic acids is 1. The van der Waals surface area contributed by atoms with Gasteiger partial charge in [-0.15, -0.1) is 0 Å². The Morgan fingerprint density at radius 2 is 1.55 bits per heavy atom. The normalized spacial score (nSPS) is 11.0. The number of hydrogen-bond donors (Lipinski definition) is 2. The summed E-state index contributed by atoms with van der Waals surface area (Å²) < 4.78 is 6.29. The highest BCUT2D eigenvalue weighted by Crippen LogP contribution is 2.40. The van der Waals surface area contributed by atoms with Gasteiger partial charge in [0.15, 0.2) is 0 Å². The lowest BCUT2D eigenvalue weighted by atomic mass is 9.99. The fraction of sp³-hybridized carbons (Fsp3) is 0. The maximum Gasteiger partial charge on any atom is 0.328 e. The Kier molecular flexibility index (Phi) is 4.99. The lowest BCUT2D eigenvalue weighted by Crippen LogP contribution is -1.91. The summed E-state index contributed by atoms with van der Waals surface area (Å²) in [6.07, 6.45) is 2.63. The number of benzene rings is 4. The Bertz CT molecular complexity index is 1190. The number of phenols is 1. The Labute approximate surface area is 167 Å². The van der Waals surface area contributed by atoms with Crippen LogP contribution in [0.5, 0.6) is 17.2 Å². The van der Waals surface area contributed by atoms with E-state index in [1.165, 1.54) is 6.08 Å². The van der Waals surface area contributed by atoms with Crippen LogP contribution in [0.2, 0.25) is 0 Å². The molecule has 2 N–H and O–H groups in total. The third-order valence-electron chi connectivity index (χ3n) is 4.58. The number of ether oxygens (including phenoxy) is 1. The van der Waals surface area contributed by atoms with E-state index < -0.39 is 5.97 Å². The zero-order valence-electron chi connectivity index (χ0n) is 15.4. The predicted octanol–water partition coefficient (Wildman–Crippen LogP) is 6.10. The first kappa shape index (κ1) is 18.3. The number of fused-ring (bicyclic) bond motifs is 1. The molecular weight excluding hydrogens is 364 g/mol. The first-order valence-electron chi connectivity index (χ1n) is 9.10. The van der Waals surface area contributed by atoms with Crippen LogP contribution in [0.4, 0.5) is 0 Å². The molecule has 0 saturated carbocycles. The highest BCUT2D eigenvalue weighted by molar-refractivity contribution is 5.95. The van der Waals surface area contributed by atoms with Crippen molar-refractivity contribution >= 4 is 22.8 Å². The zero-order chi connectivity index (χ0) is 20.2. The van der Waals surface area contributed by atoms with Crippen molar-refractivity contribution in [1.29, 1.82) is 0 Å². The Morgan fingerprint density at radius 3 is 2.28 bits per heavy atom. The van der Waals surface area contributed by atoms with Gasteiger partial charge in [0.2, 0.25) is 0 Å². The van der Waals surface area contributed by atoms with Crippen molar-refractivity contribution < 1.29 is 19.7 Å². The summed E-state index contributed by atoms with van der Waals surface area (Å²) in [7, 11) is 0. The Hall–Kier alpha value is -4.05. The average molecular weight is 382 g/mol. The summed E-state index contributed by atoms with van der Waals surface area (Å²) in [5.74, 6) is 0.595. The van der Waals surface area contributed by atoms with Crippen LogP contribution in [0.3, 0.4) is 0 Å². The maximum atomic E-state index is 10.7. The molecule has 4 heteroatoms. The van der Waals surface area contributed by atoms with Crippen LogP contribution in [0.1, 0.15) is 5.56 Å². The highest BCUT2D eigenvalue weighted by Gasteiger charge is 2.12. The zero-order valence-corrected chi connectivity index (χ0v) is 15.4. The number of phenolic OH excluding ortho intramolecular Hbond substituents is 1. The summed E-state index contributed by atoms with van der Waals surface area (Å²) in [4.78, 5) is 10.7. The molecule has 0 heterocycles. The van der Waals surface area contributed by atoms with Gasteiger partial charge in [-0.1, -0.05) is 54.6 Å². The average Bonchev–Trinajstić information content (AvgIpc) is 2.74. The lowest BCUT2D eigenvalue weighted by Gasteiger charge is -2.15. The van der Waals surface area contributed by atoms with Gasteiger partial charge in [0, 0.05) is 17.0 Å².